The molecule has 3 rings (SSSR count). The van der Waals surface area contributed by atoms with Gasteiger partial charge in [0.25, 0.3) is 0 Å². The maximum absolute atomic E-state index is 12.0. The number of rotatable bonds is 2. The molecule has 112 valence electrons. The van der Waals surface area contributed by atoms with Crippen molar-refractivity contribution in [3.63, 3.8) is 0 Å². The molecule has 2 amide bonds. The number of nitroso groups, excluding NO2 is 1. The number of carbonyl (C=O) groups is 1. The zero-order valence-electron chi connectivity index (χ0n) is 12.5. The van der Waals surface area contributed by atoms with Gasteiger partial charge in [-0.1, -0.05) is 18.0 Å². The predicted molar refractivity (Wildman–Crippen MR) is 77.4 cm³/mol. The number of amides is 2. The van der Waals surface area contributed by atoms with Gasteiger partial charge in [0.1, 0.15) is 5.54 Å². The molecule has 1 aliphatic heterocycles. The van der Waals surface area contributed by atoms with Crippen LogP contribution in [0.5, 0.6) is 0 Å². The molecular formula is C15H25N3O2. The average Bonchev–Trinajstić information content (AvgIpc) is 3.11. The highest BCUT2D eigenvalue weighted by Gasteiger charge is 2.54. The smallest absolute Gasteiger partial charge is 0.319 e. The first-order valence-electron chi connectivity index (χ1n) is 7.86. The predicted octanol–water partition coefficient (Wildman–Crippen LogP) is 2.71. The number of likely N-dealkylation sites (tertiary alicyclic amines) is 1. The monoisotopic (exact) mass is 279 g/mol. The second kappa shape index (κ2) is 5.01. The van der Waals surface area contributed by atoms with Gasteiger partial charge in [-0.25, -0.2) is 4.79 Å². The van der Waals surface area contributed by atoms with Crippen molar-refractivity contribution < 1.29 is 4.79 Å². The molecule has 20 heavy (non-hydrogen) atoms. The van der Waals surface area contributed by atoms with Crippen molar-refractivity contribution in [2.24, 2.45) is 22.9 Å². The van der Waals surface area contributed by atoms with Crippen LogP contribution in [0.2, 0.25) is 0 Å². The van der Waals surface area contributed by atoms with E-state index >= 15 is 0 Å². The van der Waals surface area contributed by atoms with Crippen LogP contribution in [0.25, 0.3) is 0 Å². The van der Waals surface area contributed by atoms with Crippen molar-refractivity contribution in [1.29, 1.82) is 0 Å². The van der Waals surface area contributed by atoms with Gasteiger partial charge in [-0.05, 0) is 43.4 Å². The van der Waals surface area contributed by atoms with E-state index in [1.54, 1.807) is 19.0 Å². The van der Waals surface area contributed by atoms with Crippen LogP contribution in [0.15, 0.2) is 5.18 Å². The lowest BCUT2D eigenvalue weighted by atomic mass is 9.80. The van der Waals surface area contributed by atoms with Crippen molar-refractivity contribution in [3.05, 3.63) is 4.91 Å². The Balaban J connectivity index is 1.68. The van der Waals surface area contributed by atoms with E-state index in [2.05, 4.69) is 5.18 Å². The lowest BCUT2D eigenvalue weighted by molar-refractivity contribution is 0.172. The van der Waals surface area contributed by atoms with Crippen LogP contribution in [-0.2, 0) is 0 Å². The van der Waals surface area contributed by atoms with Crippen LogP contribution in [0, 0.1) is 22.7 Å². The topological polar surface area (TPSA) is 53.0 Å². The fourth-order valence-electron chi connectivity index (χ4n) is 4.78. The summed E-state index contributed by atoms with van der Waals surface area (Å²) in [4.78, 5) is 27.1. The molecular weight excluding hydrogens is 254 g/mol. The lowest BCUT2D eigenvalue weighted by Gasteiger charge is -2.30. The fraction of sp³-hybridized carbons (Fsp3) is 0.933. The van der Waals surface area contributed by atoms with Gasteiger partial charge in [0.2, 0.25) is 0 Å². The van der Waals surface area contributed by atoms with E-state index in [1.165, 1.54) is 25.7 Å². The number of hydrogen-bond acceptors (Lipinski definition) is 3. The quantitative estimate of drug-likeness (QED) is 0.730. The number of hydrogen-bond donors (Lipinski definition) is 0. The molecule has 0 unspecified atom stereocenters. The minimum Gasteiger partial charge on any atom is -0.331 e. The van der Waals surface area contributed by atoms with Gasteiger partial charge in [0.05, 0.1) is 0 Å². The van der Waals surface area contributed by atoms with Gasteiger partial charge >= 0.3 is 6.03 Å². The highest BCUT2D eigenvalue weighted by Crippen LogP contribution is 2.53. The average molecular weight is 279 g/mol. The molecule has 0 N–H and O–H groups in total. The summed E-state index contributed by atoms with van der Waals surface area (Å²) in [6.45, 7) is 1.62. The van der Waals surface area contributed by atoms with Crippen LogP contribution in [0.3, 0.4) is 0 Å². The standard InChI is InChI=1S/C15H25N3O2/c1-17(2)14(19)18-9-11-7-15(16-20,8-12(11)10-18)13-5-3-4-6-13/h11-13H,3-10H2,1-2H3/t11-,12+,15-. The third kappa shape index (κ3) is 2.11. The summed E-state index contributed by atoms with van der Waals surface area (Å²) in [6.07, 6.45) is 6.66. The largest absolute Gasteiger partial charge is 0.331 e. The van der Waals surface area contributed by atoms with E-state index in [0.717, 1.165) is 25.9 Å². The van der Waals surface area contributed by atoms with Gasteiger partial charge in [0.15, 0.2) is 0 Å². The Kier molecular flexibility index (Phi) is 3.46. The molecule has 1 heterocycles. The summed E-state index contributed by atoms with van der Waals surface area (Å²) in [7, 11) is 3.60. The molecule has 5 heteroatoms. The zero-order chi connectivity index (χ0) is 14.3. The second-order valence-corrected chi connectivity index (χ2v) is 7.19. The summed E-state index contributed by atoms with van der Waals surface area (Å²) >= 11 is 0. The lowest BCUT2D eigenvalue weighted by Crippen LogP contribution is -2.40. The molecule has 1 saturated heterocycles. The maximum atomic E-state index is 12.0. The van der Waals surface area contributed by atoms with E-state index in [9.17, 15) is 9.70 Å². The van der Waals surface area contributed by atoms with Crippen molar-refractivity contribution in [1.82, 2.24) is 9.80 Å². The first-order chi connectivity index (χ1) is 9.55. The maximum Gasteiger partial charge on any atom is 0.319 e. The minimum atomic E-state index is -0.306. The fourth-order valence-corrected chi connectivity index (χ4v) is 4.78. The SMILES string of the molecule is CN(C)C(=O)N1C[C@@H]2C[C@@](N=O)(C3CCCC3)C[C@@H]2C1. The molecule has 2 saturated carbocycles. The Hall–Kier alpha value is -1.13. The van der Waals surface area contributed by atoms with Crippen LogP contribution in [0.1, 0.15) is 38.5 Å². The van der Waals surface area contributed by atoms with Gasteiger partial charge in [0, 0.05) is 27.2 Å². The number of urea groups is 1. The summed E-state index contributed by atoms with van der Waals surface area (Å²) < 4.78 is 0. The number of nitrogens with zero attached hydrogens (tertiary/aromatic N) is 3. The molecule has 5 nitrogen and oxygen atoms in total. The van der Waals surface area contributed by atoms with E-state index in [4.69, 9.17) is 0 Å². The number of carbonyl (C=O) groups excluding carboxylic acids is 1. The molecule has 0 aromatic carbocycles. The van der Waals surface area contributed by atoms with Gasteiger partial charge in [-0.3, -0.25) is 0 Å². The zero-order valence-corrected chi connectivity index (χ0v) is 12.5. The summed E-state index contributed by atoms with van der Waals surface area (Å²) in [5, 5.41) is 3.62. The molecule has 3 aliphatic rings. The van der Waals surface area contributed by atoms with Crippen LogP contribution >= 0.6 is 0 Å². The summed E-state index contributed by atoms with van der Waals surface area (Å²) in [5.41, 5.74) is -0.306. The Bertz CT molecular complexity index is 390. The van der Waals surface area contributed by atoms with E-state index in [0.29, 0.717) is 17.8 Å². The van der Waals surface area contributed by atoms with Crippen LogP contribution < -0.4 is 0 Å². The first-order valence-corrected chi connectivity index (χ1v) is 7.86. The Labute approximate surface area is 120 Å². The molecule has 0 radical (unpaired) electrons. The van der Waals surface area contributed by atoms with Gasteiger partial charge < -0.3 is 9.80 Å². The normalized spacial score (nSPS) is 37.2. The third-order valence-corrected chi connectivity index (χ3v) is 5.76. The highest BCUT2D eigenvalue weighted by atomic mass is 16.3. The van der Waals surface area contributed by atoms with E-state index < -0.39 is 0 Å². The van der Waals surface area contributed by atoms with E-state index in [1.807, 2.05) is 4.90 Å². The first kappa shape index (κ1) is 13.8. The Morgan fingerprint density at radius 2 is 1.70 bits per heavy atom. The minimum absolute atomic E-state index is 0.102. The van der Waals surface area contributed by atoms with Crippen LogP contribution in [0.4, 0.5) is 4.79 Å². The van der Waals surface area contributed by atoms with Crippen molar-refractivity contribution in [2.45, 2.75) is 44.1 Å². The van der Waals surface area contributed by atoms with Gasteiger partial charge in [-0.2, -0.15) is 4.91 Å². The third-order valence-electron chi connectivity index (χ3n) is 5.76. The van der Waals surface area contributed by atoms with Gasteiger partial charge in [-0.15, -0.1) is 0 Å². The van der Waals surface area contributed by atoms with Crippen molar-refractivity contribution in [3.8, 4) is 0 Å². The van der Waals surface area contributed by atoms with Crippen molar-refractivity contribution >= 4 is 6.03 Å². The summed E-state index contributed by atoms with van der Waals surface area (Å²) in [5.74, 6) is 1.47. The number of fused-ring (bicyclic) bond motifs is 1. The van der Waals surface area contributed by atoms with E-state index in [-0.39, 0.29) is 11.6 Å². The summed E-state index contributed by atoms with van der Waals surface area (Å²) in [6, 6.07) is 0.102. The highest BCUT2D eigenvalue weighted by molar-refractivity contribution is 5.74. The molecule has 0 aromatic rings. The molecule has 0 aromatic heterocycles. The van der Waals surface area contributed by atoms with Crippen LogP contribution in [-0.4, -0.2) is 48.6 Å². The second-order valence-electron chi connectivity index (χ2n) is 7.19. The molecule has 0 bridgehead atoms. The molecule has 3 fully saturated rings. The molecule has 0 spiro atoms. The Morgan fingerprint density at radius 1 is 1.15 bits per heavy atom. The van der Waals surface area contributed by atoms with Crippen molar-refractivity contribution in [2.75, 3.05) is 27.2 Å². The molecule has 3 atom stereocenters. The Morgan fingerprint density at radius 3 is 2.15 bits per heavy atom. The molecule has 2 aliphatic carbocycles.